The number of anilines is 2. The summed E-state index contributed by atoms with van der Waals surface area (Å²) in [7, 11) is 0. The lowest BCUT2D eigenvalue weighted by Crippen LogP contribution is -2.30. The quantitative estimate of drug-likeness (QED) is 0.522. The molecule has 1 aromatic carbocycles. The fourth-order valence-corrected chi connectivity index (χ4v) is 5.42. The van der Waals surface area contributed by atoms with Gasteiger partial charge in [-0.3, -0.25) is 4.79 Å². The molecule has 0 unspecified atom stereocenters. The molecule has 0 saturated heterocycles. The van der Waals surface area contributed by atoms with Crippen molar-refractivity contribution in [3.05, 3.63) is 57.1 Å². The maximum atomic E-state index is 13.8. The highest BCUT2D eigenvalue weighted by Crippen LogP contribution is 2.40. The summed E-state index contributed by atoms with van der Waals surface area (Å²) in [4.78, 5) is 21.5. The van der Waals surface area contributed by atoms with Gasteiger partial charge in [0, 0.05) is 29.9 Å². The lowest BCUT2D eigenvalue weighted by Gasteiger charge is -2.21. The number of hydrogen-bond acceptors (Lipinski definition) is 6. The summed E-state index contributed by atoms with van der Waals surface area (Å²) in [6.07, 6.45) is -1.57. The van der Waals surface area contributed by atoms with Crippen LogP contribution in [0.5, 0.6) is 0 Å². The molecule has 0 spiro atoms. The van der Waals surface area contributed by atoms with E-state index in [1.165, 1.54) is 28.5 Å². The van der Waals surface area contributed by atoms with Gasteiger partial charge in [-0.2, -0.15) is 13.2 Å². The Balaban J connectivity index is 1.56. The Morgan fingerprint density at radius 3 is 2.76 bits per heavy atom. The summed E-state index contributed by atoms with van der Waals surface area (Å²) >= 11 is 1.18. The lowest BCUT2D eigenvalue weighted by atomic mass is 9.96. The molecule has 0 bridgehead atoms. The van der Waals surface area contributed by atoms with Crippen LogP contribution in [0.4, 0.5) is 24.8 Å². The van der Waals surface area contributed by atoms with E-state index in [1.54, 1.807) is 0 Å². The largest absolute Gasteiger partial charge is 0.420 e. The topological polar surface area (TPSA) is 78.9 Å². The molecular weight excluding hydrogens is 451 g/mol. The van der Waals surface area contributed by atoms with Gasteiger partial charge in [-0.1, -0.05) is 13.0 Å². The molecule has 0 saturated carbocycles. The third-order valence-corrected chi connectivity index (χ3v) is 7.16. The Morgan fingerprint density at radius 1 is 1.15 bits per heavy atom. The summed E-state index contributed by atoms with van der Waals surface area (Å²) in [5.74, 6) is -0.173. The van der Waals surface area contributed by atoms with E-state index >= 15 is 0 Å². The third kappa shape index (κ3) is 4.20. The van der Waals surface area contributed by atoms with Gasteiger partial charge in [0.1, 0.15) is 5.56 Å². The predicted molar refractivity (Wildman–Crippen MR) is 121 cm³/mol. The minimum Gasteiger partial charge on any atom is -0.352 e. The number of nitrogens with zero attached hydrogens (tertiary/aromatic N) is 2. The van der Waals surface area contributed by atoms with E-state index in [9.17, 15) is 18.0 Å². The number of aromatic nitrogens is 2. The van der Waals surface area contributed by atoms with Crippen molar-refractivity contribution in [2.24, 2.45) is 0 Å². The first-order valence-corrected chi connectivity index (χ1v) is 11.6. The smallest absolute Gasteiger partial charge is 0.352 e. The van der Waals surface area contributed by atoms with Crippen molar-refractivity contribution in [1.82, 2.24) is 20.6 Å². The number of rotatable bonds is 4. The van der Waals surface area contributed by atoms with Gasteiger partial charge in [-0.25, -0.2) is 9.97 Å². The molecule has 3 N–H and O–H groups in total. The third-order valence-electron chi connectivity index (χ3n) is 5.96. The maximum absolute atomic E-state index is 13.8. The molecule has 1 amide bonds. The summed E-state index contributed by atoms with van der Waals surface area (Å²) in [6.45, 7) is 4.20. The second-order valence-electron chi connectivity index (χ2n) is 8.09. The summed E-state index contributed by atoms with van der Waals surface area (Å²) in [5.41, 5.74) is 3.57. The molecule has 10 heteroatoms. The summed E-state index contributed by atoms with van der Waals surface area (Å²) in [6, 6.07) is 5.67. The van der Waals surface area contributed by atoms with Gasteiger partial charge < -0.3 is 16.0 Å². The molecular formula is C23H22F3N5OS. The number of carbonyl (C=O) groups is 1. The SMILES string of the molecule is CCc1cc2c(cc1Nc1ncc(C(F)(F)F)c(-c3cc4c(s3)CCNC4=O)n1)CCNC2. The predicted octanol–water partition coefficient (Wildman–Crippen LogP) is 4.46. The van der Waals surface area contributed by atoms with Crippen LogP contribution in [0.3, 0.4) is 0 Å². The van der Waals surface area contributed by atoms with E-state index in [0.29, 0.717) is 23.4 Å². The van der Waals surface area contributed by atoms with Crippen molar-refractivity contribution in [3.8, 4) is 10.6 Å². The number of amides is 1. The van der Waals surface area contributed by atoms with E-state index in [4.69, 9.17) is 0 Å². The van der Waals surface area contributed by atoms with Crippen LogP contribution in [0.15, 0.2) is 24.4 Å². The maximum Gasteiger partial charge on any atom is 0.420 e. The Hall–Kier alpha value is -2.98. The second kappa shape index (κ2) is 8.42. The zero-order valence-electron chi connectivity index (χ0n) is 17.9. The molecule has 0 aliphatic carbocycles. The second-order valence-corrected chi connectivity index (χ2v) is 9.23. The number of benzene rings is 1. The highest BCUT2D eigenvalue weighted by molar-refractivity contribution is 7.15. The van der Waals surface area contributed by atoms with Crippen LogP contribution in [-0.2, 0) is 32.0 Å². The fourth-order valence-electron chi connectivity index (χ4n) is 4.26. The monoisotopic (exact) mass is 473 g/mol. The zero-order valence-corrected chi connectivity index (χ0v) is 18.7. The van der Waals surface area contributed by atoms with Crippen LogP contribution in [0.1, 0.15) is 44.4 Å². The van der Waals surface area contributed by atoms with Crippen LogP contribution in [-0.4, -0.2) is 29.0 Å². The van der Waals surface area contributed by atoms with Crippen LogP contribution in [0.2, 0.25) is 0 Å². The first-order chi connectivity index (χ1) is 15.8. The first kappa shape index (κ1) is 21.8. The van der Waals surface area contributed by atoms with Gasteiger partial charge >= 0.3 is 6.18 Å². The Morgan fingerprint density at radius 2 is 2.00 bits per heavy atom. The average Bonchev–Trinajstić information content (AvgIpc) is 3.23. The number of thiophene rings is 1. The lowest BCUT2D eigenvalue weighted by molar-refractivity contribution is -0.137. The number of halogens is 3. The molecule has 0 radical (unpaired) electrons. The van der Waals surface area contributed by atoms with E-state index in [2.05, 4.69) is 32.0 Å². The van der Waals surface area contributed by atoms with E-state index in [-0.39, 0.29) is 17.5 Å². The molecule has 4 heterocycles. The summed E-state index contributed by atoms with van der Waals surface area (Å²) < 4.78 is 41.3. The van der Waals surface area contributed by atoms with Crippen molar-refractivity contribution in [2.45, 2.75) is 38.9 Å². The van der Waals surface area contributed by atoms with Crippen LogP contribution in [0, 0.1) is 0 Å². The number of alkyl halides is 3. The average molecular weight is 474 g/mol. The fraction of sp³-hybridized carbons (Fsp3) is 0.348. The zero-order chi connectivity index (χ0) is 23.2. The minimum atomic E-state index is -4.62. The molecule has 2 aliphatic heterocycles. The molecule has 3 aromatic rings. The van der Waals surface area contributed by atoms with Crippen molar-refractivity contribution in [3.63, 3.8) is 0 Å². The number of aryl methyl sites for hydroxylation is 1. The van der Waals surface area contributed by atoms with Crippen LogP contribution < -0.4 is 16.0 Å². The Kier molecular flexibility index (Phi) is 5.57. The number of fused-ring (bicyclic) bond motifs is 2. The van der Waals surface area contributed by atoms with Crippen molar-refractivity contribution < 1.29 is 18.0 Å². The molecule has 6 nitrogen and oxygen atoms in total. The van der Waals surface area contributed by atoms with E-state index in [0.717, 1.165) is 48.3 Å². The van der Waals surface area contributed by atoms with Gasteiger partial charge in [0.25, 0.3) is 5.91 Å². The number of hydrogen-bond donors (Lipinski definition) is 3. The molecule has 5 rings (SSSR count). The molecule has 0 fully saturated rings. The molecule has 0 atom stereocenters. The number of nitrogens with one attached hydrogen (secondary N) is 3. The van der Waals surface area contributed by atoms with Crippen molar-refractivity contribution >= 4 is 28.9 Å². The van der Waals surface area contributed by atoms with Gasteiger partial charge in [0.2, 0.25) is 5.95 Å². The Bertz CT molecular complexity index is 1240. The van der Waals surface area contributed by atoms with E-state index < -0.39 is 11.7 Å². The van der Waals surface area contributed by atoms with Gasteiger partial charge in [-0.05, 0) is 54.6 Å². The Labute approximate surface area is 192 Å². The van der Waals surface area contributed by atoms with Gasteiger partial charge in [0.05, 0.1) is 16.1 Å². The highest BCUT2D eigenvalue weighted by atomic mass is 32.1. The minimum absolute atomic E-state index is 0.0948. The van der Waals surface area contributed by atoms with Gasteiger partial charge in [-0.15, -0.1) is 11.3 Å². The number of carbonyl (C=O) groups excluding carboxylic acids is 1. The van der Waals surface area contributed by atoms with Crippen LogP contribution >= 0.6 is 11.3 Å². The molecule has 172 valence electrons. The highest BCUT2D eigenvalue weighted by Gasteiger charge is 2.36. The van der Waals surface area contributed by atoms with E-state index in [1.807, 2.05) is 13.0 Å². The van der Waals surface area contributed by atoms with Crippen molar-refractivity contribution in [1.29, 1.82) is 0 Å². The van der Waals surface area contributed by atoms with Gasteiger partial charge in [0.15, 0.2) is 0 Å². The van der Waals surface area contributed by atoms with Crippen molar-refractivity contribution in [2.75, 3.05) is 18.4 Å². The molecule has 2 aliphatic rings. The molecule has 2 aromatic heterocycles. The van der Waals surface area contributed by atoms with Crippen LogP contribution in [0.25, 0.3) is 10.6 Å². The normalized spacial score (nSPS) is 15.6. The standard InChI is InChI=1S/C23H22F3N5OS/c1-2-12-7-14-10-27-5-3-13(14)8-17(12)30-22-29-11-16(23(24,25)26)20(31-22)19-9-15-18(33-19)4-6-28-21(15)32/h7-9,11,27H,2-6,10H2,1H3,(H,28,32)(H,29,30,31). The molecule has 33 heavy (non-hydrogen) atoms. The first-order valence-electron chi connectivity index (χ1n) is 10.8. The summed E-state index contributed by atoms with van der Waals surface area (Å²) in [5, 5.41) is 9.23.